The molecule has 2 rings (SSSR count). The summed E-state index contributed by atoms with van der Waals surface area (Å²) in [5.41, 5.74) is 6.54. The average Bonchev–Trinajstić information content (AvgIpc) is 2.54. The molecule has 114 valence electrons. The third kappa shape index (κ3) is 3.87. The molecule has 1 aromatic rings. The molecule has 2 atom stereocenters. The first kappa shape index (κ1) is 15.2. The van der Waals surface area contributed by atoms with Crippen molar-refractivity contribution in [1.29, 1.82) is 0 Å². The highest BCUT2D eigenvalue weighted by Gasteiger charge is 2.18. The number of nitrogens with two attached hydrogens (primary N) is 1. The Kier molecular flexibility index (Phi) is 4.67. The van der Waals surface area contributed by atoms with Crippen molar-refractivity contribution in [1.82, 2.24) is 5.32 Å². The van der Waals surface area contributed by atoms with Gasteiger partial charge >= 0.3 is 0 Å². The molecule has 0 saturated heterocycles. The van der Waals surface area contributed by atoms with Crippen LogP contribution in [0.5, 0.6) is 11.5 Å². The number of para-hydroxylation sites is 1. The van der Waals surface area contributed by atoms with Gasteiger partial charge in [-0.3, -0.25) is 9.98 Å². The molecule has 0 spiro atoms. The summed E-state index contributed by atoms with van der Waals surface area (Å²) >= 11 is 0. The zero-order valence-corrected chi connectivity index (χ0v) is 12.4. The number of benzene rings is 1. The molecule has 1 heterocycles. The van der Waals surface area contributed by atoms with E-state index in [1.165, 1.54) is 6.07 Å². The Hall–Kier alpha value is -2.24. The van der Waals surface area contributed by atoms with Crippen LogP contribution >= 0.6 is 0 Å². The van der Waals surface area contributed by atoms with E-state index in [9.17, 15) is 10.2 Å². The van der Waals surface area contributed by atoms with Gasteiger partial charge in [0.25, 0.3) is 0 Å². The SMILES string of the molecule is CC1N=C(N)CC(=NCCc2cccc(O)c2O)NC1C. The van der Waals surface area contributed by atoms with Crippen LogP contribution in [0, 0.1) is 0 Å². The molecule has 0 bridgehead atoms. The second-order valence-electron chi connectivity index (χ2n) is 5.33. The van der Waals surface area contributed by atoms with Crippen LogP contribution in [0.4, 0.5) is 0 Å². The molecule has 0 aromatic heterocycles. The molecule has 5 N–H and O–H groups in total. The van der Waals surface area contributed by atoms with Crippen molar-refractivity contribution in [3.63, 3.8) is 0 Å². The lowest BCUT2D eigenvalue weighted by Gasteiger charge is -2.16. The standard InChI is InChI=1S/C15H22N4O2/c1-9-10(2)19-14(8-13(16)18-9)17-7-6-11-4-3-5-12(20)15(11)21/h3-5,9-10,20-21H,6-8H2,1-2H3,(H2,16,18)(H,17,19). The van der Waals surface area contributed by atoms with Crippen molar-refractivity contribution in [3.8, 4) is 11.5 Å². The Labute approximate surface area is 124 Å². The molecular weight excluding hydrogens is 268 g/mol. The minimum absolute atomic E-state index is 0.0745. The largest absolute Gasteiger partial charge is 0.504 e. The van der Waals surface area contributed by atoms with E-state index in [2.05, 4.69) is 15.3 Å². The zero-order chi connectivity index (χ0) is 15.4. The Morgan fingerprint density at radius 2 is 2.14 bits per heavy atom. The monoisotopic (exact) mass is 290 g/mol. The van der Waals surface area contributed by atoms with Crippen LogP contribution in [-0.4, -0.2) is 40.5 Å². The Morgan fingerprint density at radius 1 is 1.38 bits per heavy atom. The van der Waals surface area contributed by atoms with Gasteiger partial charge in [0.2, 0.25) is 0 Å². The van der Waals surface area contributed by atoms with Crippen LogP contribution < -0.4 is 11.1 Å². The van der Waals surface area contributed by atoms with Crippen LogP contribution in [0.15, 0.2) is 28.2 Å². The maximum Gasteiger partial charge on any atom is 0.160 e. The molecule has 1 aliphatic rings. The van der Waals surface area contributed by atoms with Gasteiger partial charge in [-0.1, -0.05) is 12.1 Å². The van der Waals surface area contributed by atoms with Crippen LogP contribution in [0.1, 0.15) is 25.8 Å². The van der Waals surface area contributed by atoms with E-state index in [4.69, 9.17) is 5.73 Å². The van der Waals surface area contributed by atoms with Gasteiger partial charge in [-0.15, -0.1) is 0 Å². The summed E-state index contributed by atoms with van der Waals surface area (Å²) in [6.07, 6.45) is 1.06. The number of amidine groups is 2. The zero-order valence-electron chi connectivity index (χ0n) is 12.4. The number of phenols is 2. The molecule has 0 aliphatic carbocycles. The first-order valence-electron chi connectivity index (χ1n) is 7.09. The number of rotatable bonds is 3. The summed E-state index contributed by atoms with van der Waals surface area (Å²) in [6, 6.07) is 5.23. The molecule has 1 aliphatic heterocycles. The number of aliphatic imine (C=N–C) groups is 2. The van der Waals surface area contributed by atoms with E-state index in [1.807, 2.05) is 13.8 Å². The Balaban J connectivity index is 2.01. The van der Waals surface area contributed by atoms with E-state index in [-0.39, 0.29) is 23.6 Å². The van der Waals surface area contributed by atoms with Gasteiger partial charge in [0, 0.05) is 12.6 Å². The molecule has 0 radical (unpaired) electrons. The predicted octanol–water partition coefficient (Wildman–Crippen LogP) is 1.17. The summed E-state index contributed by atoms with van der Waals surface area (Å²) in [6.45, 7) is 4.56. The normalized spacial score (nSPS) is 24.3. The van der Waals surface area contributed by atoms with E-state index in [0.717, 1.165) is 5.84 Å². The maximum atomic E-state index is 9.75. The fraction of sp³-hybridized carbons (Fsp3) is 0.467. The van der Waals surface area contributed by atoms with Gasteiger partial charge in [0.05, 0.1) is 12.5 Å². The van der Waals surface area contributed by atoms with Crippen molar-refractivity contribution in [2.24, 2.45) is 15.7 Å². The molecular formula is C15H22N4O2. The molecule has 6 nitrogen and oxygen atoms in total. The molecule has 0 saturated carbocycles. The molecule has 6 heteroatoms. The number of aromatic hydroxyl groups is 2. The van der Waals surface area contributed by atoms with E-state index in [0.29, 0.717) is 30.8 Å². The lowest BCUT2D eigenvalue weighted by atomic mass is 10.1. The van der Waals surface area contributed by atoms with E-state index >= 15 is 0 Å². The topological polar surface area (TPSA) is 103 Å². The molecule has 1 aromatic carbocycles. The van der Waals surface area contributed by atoms with Gasteiger partial charge in [0.15, 0.2) is 11.5 Å². The van der Waals surface area contributed by atoms with Gasteiger partial charge in [0.1, 0.15) is 11.7 Å². The van der Waals surface area contributed by atoms with E-state index in [1.54, 1.807) is 12.1 Å². The second-order valence-corrected chi connectivity index (χ2v) is 5.33. The highest BCUT2D eigenvalue weighted by atomic mass is 16.3. The van der Waals surface area contributed by atoms with Gasteiger partial charge in [-0.05, 0) is 31.9 Å². The summed E-state index contributed by atoms with van der Waals surface area (Å²) < 4.78 is 0. The Morgan fingerprint density at radius 3 is 2.90 bits per heavy atom. The van der Waals surface area contributed by atoms with Crippen molar-refractivity contribution in [3.05, 3.63) is 23.8 Å². The summed E-state index contributed by atoms with van der Waals surface area (Å²) in [7, 11) is 0. The minimum atomic E-state index is -0.105. The van der Waals surface area contributed by atoms with Gasteiger partial charge in [-0.2, -0.15) is 0 Å². The quantitative estimate of drug-likeness (QED) is 0.627. The lowest BCUT2D eigenvalue weighted by Crippen LogP contribution is -2.37. The minimum Gasteiger partial charge on any atom is -0.504 e. The molecule has 0 fully saturated rings. The molecule has 2 unspecified atom stereocenters. The first-order valence-corrected chi connectivity index (χ1v) is 7.09. The molecule has 0 amide bonds. The summed E-state index contributed by atoms with van der Waals surface area (Å²) in [5, 5.41) is 22.5. The number of hydrogen-bond acceptors (Lipinski definition) is 5. The van der Waals surface area contributed by atoms with Crippen molar-refractivity contribution in [2.45, 2.75) is 38.8 Å². The second kappa shape index (κ2) is 6.47. The smallest absolute Gasteiger partial charge is 0.160 e. The van der Waals surface area contributed by atoms with Crippen LogP contribution in [-0.2, 0) is 6.42 Å². The highest BCUT2D eigenvalue weighted by molar-refractivity contribution is 6.02. The fourth-order valence-electron chi connectivity index (χ4n) is 2.22. The summed E-state index contributed by atoms with van der Waals surface area (Å²) in [5.74, 6) is 1.22. The fourth-order valence-corrected chi connectivity index (χ4v) is 2.22. The Bertz CT molecular complexity index is 569. The van der Waals surface area contributed by atoms with Crippen LogP contribution in [0.25, 0.3) is 0 Å². The summed E-state index contributed by atoms with van der Waals surface area (Å²) in [4.78, 5) is 8.87. The van der Waals surface area contributed by atoms with Crippen molar-refractivity contribution >= 4 is 11.7 Å². The number of phenolic OH excluding ortho intramolecular Hbond substituents is 2. The number of nitrogens with zero attached hydrogens (tertiary/aromatic N) is 2. The lowest BCUT2D eigenvalue weighted by molar-refractivity contribution is 0.399. The maximum absolute atomic E-state index is 9.75. The van der Waals surface area contributed by atoms with Gasteiger partial charge < -0.3 is 21.3 Å². The third-order valence-electron chi connectivity index (χ3n) is 3.62. The van der Waals surface area contributed by atoms with Crippen LogP contribution in [0.2, 0.25) is 0 Å². The third-order valence-corrected chi connectivity index (χ3v) is 3.62. The van der Waals surface area contributed by atoms with Crippen molar-refractivity contribution < 1.29 is 10.2 Å². The number of hydrogen-bond donors (Lipinski definition) is 4. The first-order chi connectivity index (χ1) is 9.97. The molecule has 21 heavy (non-hydrogen) atoms. The van der Waals surface area contributed by atoms with E-state index < -0.39 is 0 Å². The van der Waals surface area contributed by atoms with Gasteiger partial charge in [-0.25, -0.2) is 0 Å². The average molecular weight is 290 g/mol. The predicted molar refractivity (Wildman–Crippen MR) is 84.1 cm³/mol. The number of nitrogens with one attached hydrogen (secondary N) is 1. The van der Waals surface area contributed by atoms with Crippen molar-refractivity contribution in [2.75, 3.05) is 6.54 Å². The van der Waals surface area contributed by atoms with Crippen LogP contribution in [0.3, 0.4) is 0 Å². The highest BCUT2D eigenvalue weighted by Crippen LogP contribution is 2.28.